The molecule has 1 nitrogen and oxygen atoms in total. The number of unbranched alkanes of at least 4 members (excludes halogenated alkanes) is 2. The smallest absolute Gasteiger partial charge is 0.200 e. The second-order valence-corrected chi connectivity index (χ2v) is 10.2. The molecule has 0 aromatic heterocycles. The van der Waals surface area contributed by atoms with Crippen molar-refractivity contribution in [2.24, 2.45) is 23.7 Å². The zero-order chi connectivity index (χ0) is 22.8. The SMILES string of the molecule is CCCCCC1CCC(C2CCC(/C=C/CCc3ccc(OCC)c(F)c3F)CC2)CC1. The highest BCUT2D eigenvalue weighted by atomic mass is 19.2. The number of ether oxygens (including phenoxy) is 1. The van der Waals surface area contributed by atoms with Crippen molar-refractivity contribution < 1.29 is 13.5 Å². The van der Waals surface area contributed by atoms with E-state index in [-0.39, 0.29) is 5.75 Å². The molecule has 0 heterocycles. The fourth-order valence-electron chi connectivity index (χ4n) is 6.00. The Morgan fingerprint density at radius 1 is 0.875 bits per heavy atom. The average molecular weight is 447 g/mol. The van der Waals surface area contributed by atoms with Crippen molar-refractivity contribution in [1.82, 2.24) is 0 Å². The van der Waals surface area contributed by atoms with E-state index >= 15 is 0 Å². The average Bonchev–Trinajstić information content (AvgIpc) is 2.82. The van der Waals surface area contributed by atoms with Gasteiger partial charge in [0, 0.05) is 0 Å². The van der Waals surface area contributed by atoms with Crippen LogP contribution in [0.5, 0.6) is 5.75 Å². The van der Waals surface area contributed by atoms with Gasteiger partial charge >= 0.3 is 0 Å². The summed E-state index contributed by atoms with van der Waals surface area (Å²) in [5, 5.41) is 0. The molecule has 0 saturated heterocycles. The lowest BCUT2D eigenvalue weighted by atomic mass is 9.68. The van der Waals surface area contributed by atoms with E-state index in [4.69, 9.17) is 4.74 Å². The monoisotopic (exact) mass is 446 g/mol. The van der Waals surface area contributed by atoms with Crippen LogP contribution in [-0.2, 0) is 6.42 Å². The first kappa shape index (κ1) is 25.2. The normalized spacial score (nSPS) is 26.5. The maximum atomic E-state index is 14.2. The molecular weight excluding hydrogens is 402 g/mol. The summed E-state index contributed by atoms with van der Waals surface area (Å²) in [6.07, 6.45) is 22.7. The van der Waals surface area contributed by atoms with E-state index in [0.29, 0.717) is 24.5 Å². The summed E-state index contributed by atoms with van der Waals surface area (Å²) >= 11 is 0. The third-order valence-electron chi connectivity index (χ3n) is 8.01. The van der Waals surface area contributed by atoms with Gasteiger partial charge in [-0.15, -0.1) is 0 Å². The minimum absolute atomic E-state index is 0.00558. The van der Waals surface area contributed by atoms with Gasteiger partial charge < -0.3 is 4.74 Å². The Balaban J connectivity index is 1.34. The summed E-state index contributed by atoms with van der Waals surface area (Å²) in [5.41, 5.74) is 0.435. The Kier molecular flexibility index (Phi) is 10.5. The molecule has 0 bridgehead atoms. The second-order valence-electron chi connectivity index (χ2n) is 10.2. The highest BCUT2D eigenvalue weighted by molar-refractivity contribution is 5.31. The molecule has 1 aromatic rings. The van der Waals surface area contributed by atoms with Crippen LogP contribution in [0, 0.1) is 35.3 Å². The van der Waals surface area contributed by atoms with Crippen LogP contribution in [0.2, 0.25) is 0 Å². The molecule has 0 aliphatic heterocycles. The van der Waals surface area contributed by atoms with E-state index < -0.39 is 11.6 Å². The summed E-state index contributed by atoms with van der Waals surface area (Å²) < 4.78 is 33.3. The molecule has 2 aliphatic rings. The zero-order valence-electron chi connectivity index (χ0n) is 20.4. The first-order valence-electron chi connectivity index (χ1n) is 13.4. The van der Waals surface area contributed by atoms with Crippen LogP contribution in [0.15, 0.2) is 24.3 Å². The lowest BCUT2D eigenvalue weighted by Crippen LogP contribution is -2.25. The van der Waals surface area contributed by atoms with E-state index in [1.807, 2.05) is 0 Å². The first-order valence-corrected chi connectivity index (χ1v) is 13.4. The highest BCUT2D eigenvalue weighted by Gasteiger charge is 2.30. The van der Waals surface area contributed by atoms with Crippen LogP contribution in [0.3, 0.4) is 0 Å². The predicted molar refractivity (Wildman–Crippen MR) is 130 cm³/mol. The Bertz CT molecular complexity index is 697. The van der Waals surface area contributed by atoms with Crippen LogP contribution in [0.4, 0.5) is 8.78 Å². The highest BCUT2D eigenvalue weighted by Crippen LogP contribution is 2.42. The number of rotatable bonds is 11. The van der Waals surface area contributed by atoms with Crippen molar-refractivity contribution in [3.05, 3.63) is 41.5 Å². The summed E-state index contributed by atoms with van der Waals surface area (Å²) in [7, 11) is 0. The fraction of sp³-hybridized carbons (Fsp3) is 0.724. The van der Waals surface area contributed by atoms with Gasteiger partial charge in [0.15, 0.2) is 11.6 Å². The Morgan fingerprint density at radius 3 is 2.22 bits per heavy atom. The van der Waals surface area contributed by atoms with E-state index in [9.17, 15) is 8.78 Å². The fourth-order valence-corrected chi connectivity index (χ4v) is 6.00. The van der Waals surface area contributed by atoms with Gasteiger partial charge in [-0.05, 0) is 93.6 Å². The molecule has 0 atom stereocenters. The standard InChI is InChI=1S/C29H44F2O/c1-3-5-6-9-22-12-16-24(17-13-22)25-18-14-23(15-19-25)10-7-8-11-26-20-21-27(32-4-2)29(31)28(26)30/h7,10,20-25H,3-6,8-9,11-19H2,1-2H3/b10-7+. The van der Waals surface area contributed by atoms with Gasteiger partial charge in [-0.1, -0.05) is 63.7 Å². The van der Waals surface area contributed by atoms with Crippen molar-refractivity contribution in [2.75, 3.05) is 6.61 Å². The molecule has 0 amide bonds. The number of benzene rings is 1. The molecule has 0 N–H and O–H groups in total. The number of halogens is 2. The molecule has 180 valence electrons. The topological polar surface area (TPSA) is 9.23 Å². The second kappa shape index (κ2) is 13.4. The molecule has 2 aliphatic carbocycles. The van der Waals surface area contributed by atoms with E-state index in [1.54, 1.807) is 19.1 Å². The lowest BCUT2D eigenvalue weighted by Gasteiger charge is -2.37. The zero-order valence-corrected chi connectivity index (χ0v) is 20.4. The van der Waals surface area contributed by atoms with Gasteiger partial charge in [0.1, 0.15) is 0 Å². The van der Waals surface area contributed by atoms with Crippen molar-refractivity contribution in [2.45, 2.75) is 104 Å². The van der Waals surface area contributed by atoms with Crippen molar-refractivity contribution >= 4 is 0 Å². The molecule has 1 aromatic carbocycles. The molecule has 0 spiro atoms. The van der Waals surface area contributed by atoms with Crippen LogP contribution in [-0.4, -0.2) is 6.61 Å². The number of hydrogen-bond donors (Lipinski definition) is 0. The molecule has 0 radical (unpaired) electrons. The summed E-state index contributed by atoms with van der Waals surface area (Å²) in [6.45, 7) is 4.40. The van der Waals surface area contributed by atoms with Gasteiger partial charge in [-0.25, -0.2) is 4.39 Å². The molecule has 3 rings (SSSR count). The first-order chi connectivity index (χ1) is 15.6. The van der Waals surface area contributed by atoms with Crippen molar-refractivity contribution in [3.8, 4) is 5.75 Å². The van der Waals surface area contributed by atoms with E-state index in [0.717, 1.165) is 24.2 Å². The quantitative estimate of drug-likeness (QED) is 0.243. The van der Waals surface area contributed by atoms with E-state index in [1.165, 1.54) is 77.0 Å². The minimum atomic E-state index is -0.860. The van der Waals surface area contributed by atoms with Gasteiger partial charge in [0.05, 0.1) is 6.61 Å². The van der Waals surface area contributed by atoms with Gasteiger partial charge in [-0.2, -0.15) is 4.39 Å². The van der Waals surface area contributed by atoms with Crippen molar-refractivity contribution in [1.29, 1.82) is 0 Å². The lowest BCUT2D eigenvalue weighted by molar-refractivity contribution is 0.151. The molecule has 2 saturated carbocycles. The number of allylic oxidation sites excluding steroid dienone is 2. The van der Waals surface area contributed by atoms with Gasteiger partial charge in [0.2, 0.25) is 5.82 Å². The molecule has 32 heavy (non-hydrogen) atoms. The number of aryl methyl sites for hydroxylation is 1. The van der Waals surface area contributed by atoms with Crippen molar-refractivity contribution in [3.63, 3.8) is 0 Å². The van der Waals surface area contributed by atoms with Crippen LogP contribution in [0.25, 0.3) is 0 Å². The van der Waals surface area contributed by atoms with Gasteiger partial charge in [0.25, 0.3) is 0 Å². The Labute approximate surface area is 195 Å². The summed E-state index contributed by atoms with van der Waals surface area (Å²) in [5.74, 6) is 1.97. The minimum Gasteiger partial charge on any atom is -0.491 e. The van der Waals surface area contributed by atoms with Crippen LogP contribution < -0.4 is 4.74 Å². The van der Waals surface area contributed by atoms with Crippen LogP contribution in [0.1, 0.15) is 103 Å². The number of hydrogen-bond acceptors (Lipinski definition) is 1. The third-order valence-corrected chi connectivity index (χ3v) is 8.01. The largest absolute Gasteiger partial charge is 0.491 e. The molecule has 0 unspecified atom stereocenters. The summed E-state index contributed by atoms with van der Waals surface area (Å²) in [4.78, 5) is 0. The molecular formula is C29H44F2O. The van der Waals surface area contributed by atoms with Gasteiger partial charge in [-0.3, -0.25) is 0 Å². The predicted octanol–water partition coefficient (Wildman–Crippen LogP) is 9.05. The summed E-state index contributed by atoms with van der Waals surface area (Å²) in [6, 6.07) is 3.20. The van der Waals surface area contributed by atoms with E-state index in [2.05, 4.69) is 19.1 Å². The molecule has 2 fully saturated rings. The third kappa shape index (κ3) is 7.32. The maximum Gasteiger partial charge on any atom is 0.200 e. The molecule has 3 heteroatoms. The van der Waals surface area contributed by atoms with Crippen LogP contribution >= 0.6 is 0 Å². The Hall–Kier alpha value is -1.38. The maximum absolute atomic E-state index is 14.2. The Morgan fingerprint density at radius 2 is 1.56 bits per heavy atom.